The SMILES string of the molecule is C=Cc1c([Si]O[Si](C)C)cc2c(c1C=C)-c1ccccc1-2. The van der Waals surface area contributed by atoms with Crippen molar-refractivity contribution in [3.05, 3.63) is 54.6 Å². The third-order valence-electron chi connectivity index (χ3n) is 3.67. The zero-order valence-electron chi connectivity index (χ0n) is 12.4. The van der Waals surface area contributed by atoms with Gasteiger partial charge in [0, 0.05) is 0 Å². The number of rotatable bonds is 5. The van der Waals surface area contributed by atoms with Crippen LogP contribution in [0.3, 0.4) is 0 Å². The predicted molar refractivity (Wildman–Crippen MR) is 95.0 cm³/mol. The fraction of sp³-hybridized carbons (Fsp3) is 0.111. The molecule has 0 N–H and O–H groups in total. The second kappa shape index (κ2) is 5.60. The Balaban J connectivity index is 2.15. The second-order valence-electron chi connectivity index (χ2n) is 5.24. The monoisotopic (exact) mass is 305 g/mol. The van der Waals surface area contributed by atoms with Gasteiger partial charge in [0.25, 0.3) is 9.76 Å². The van der Waals surface area contributed by atoms with Crippen molar-refractivity contribution in [3.63, 3.8) is 0 Å². The van der Waals surface area contributed by atoms with Crippen molar-refractivity contribution in [2.45, 2.75) is 13.1 Å². The van der Waals surface area contributed by atoms with Crippen molar-refractivity contribution >= 4 is 36.1 Å². The Morgan fingerprint density at radius 2 is 1.67 bits per heavy atom. The van der Waals surface area contributed by atoms with E-state index >= 15 is 0 Å². The molecule has 0 spiro atoms. The third-order valence-corrected chi connectivity index (χ3v) is 6.34. The van der Waals surface area contributed by atoms with E-state index in [9.17, 15) is 0 Å². The highest BCUT2D eigenvalue weighted by Gasteiger charge is 2.27. The molecule has 1 aliphatic carbocycles. The molecule has 0 fully saturated rings. The fourth-order valence-corrected chi connectivity index (χ4v) is 4.57. The Morgan fingerprint density at radius 3 is 2.29 bits per heavy atom. The van der Waals surface area contributed by atoms with Gasteiger partial charge in [0.2, 0.25) is 0 Å². The van der Waals surface area contributed by atoms with Gasteiger partial charge in [0.1, 0.15) is 0 Å². The molecule has 3 rings (SSSR count). The van der Waals surface area contributed by atoms with Crippen LogP contribution in [0.1, 0.15) is 11.1 Å². The van der Waals surface area contributed by atoms with Gasteiger partial charge in [-0.3, -0.25) is 0 Å². The first-order chi connectivity index (χ1) is 10.2. The average Bonchev–Trinajstić information content (AvgIpc) is 2.49. The molecule has 1 nitrogen and oxygen atoms in total. The summed E-state index contributed by atoms with van der Waals surface area (Å²) >= 11 is 0. The molecule has 3 radical (unpaired) electrons. The van der Waals surface area contributed by atoms with E-state index < -0.39 is 9.04 Å². The third kappa shape index (κ3) is 2.27. The minimum Gasteiger partial charge on any atom is -0.453 e. The molecule has 0 atom stereocenters. The lowest BCUT2D eigenvalue weighted by Crippen LogP contribution is -2.27. The van der Waals surface area contributed by atoms with Gasteiger partial charge in [0.15, 0.2) is 9.04 Å². The Bertz CT molecular complexity index is 732. The van der Waals surface area contributed by atoms with E-state index in [4.69, 9.17) is 4.12 Å². The fourth-order valence-electron chi connectivity index (χ4n) is 2.77. The summed E-state index contributed by atoms with van der Waals surface area (Å²) in [5.74, 6) is 0. The zero-order valence-corrected chi connectivity index (χ0v) is 14.4. The highest BCUT2D eigenvalue weighted by molar-refractivity contribution is 6.62. The minimum absolute atomic E-state index is 0.380. The van der Waals surface area contributed by atoms with Gasteiger partial charge in [-0.2, -0.15) is 0 Å². The van der Waals surface area contributed by atoms with Crippen molar-refractivity contribution in [2.24, 2.45) is 0 Å². The summed E-state index contributed by atoms with van der Waals surface area (Å²) in [6.45, 7) is 12.3. The van der Waals surface area contributed by atoms with Crippen molar-refractivity contribution < 1.29 is 4.12 Å². The van der Waals surface area contributed by atoms with E-state index in [1.807, 2.05) is 12.2 Å². The first-order valence-corrected chi connectivity index (χ1v) is 10.3. The quantitative estimate of drug-likeness (QED) is 0.644. The standard InChI is InChI=1S/C18H17OSi2/c1-5-12-13(6-2)18-15-10-8-7-9-14(15)16(18)11-17(12)20-19-21(3)4/h5-11H,1-2H2,3-4H3. The van der Waals surface area contributed by atoms with Crippen LogP contribution < -0.4 is 5.19 Å². The molecule has 0 saturated heterocycles. The van der Waals surface area contributed by atoms with Crippen LogP contribution in [0.15, 0.2) is 43.5 Å². The highest BCUT2D eigenvalue weighted by Crippen LogP contribution is 2.49. The molecule has 0 aromatic heterocycles. The molecule has 1 aliphatic rings. The van der Waals surface area contributed by atoms with E-state index in [0.29, 0.717) is 9.76 Å². The molecule has 0 unspecified atom stereocenters. The van der Waals surface area contributed by atoms with Gasteiger partial charge in [-0.1, -0.05) is 55.6 Å². The summed E-state index contributed by atoms with van der Waals surface area (Å²) in [6, 6.07) is 10.8. The Labute approximate surface area is 130 Å². The molecule has 2 aromatic rings. The summed E-state index contributed by atoms with van der Waals surface area (Å²) in [5.41, 5.74) is 7.63. The van der Waals surface area contributed by atoms with Gasteiger partial charge in [-0.25, -0.2) is 0 Å². The normalized spacial score (nSPS) is 11.6. The van der Waals surface area contributed by atoms with E-state index in [2.05, 4.69) is 56.6 Å². The van der Waals surface area contributed by atoms with Crippen LogP contribution in [0.5, 0.6) is 0 Å². The molecule has 0 heterocycles. The first kappa shape index (κ1) is 14.3. The summed E-state index contributed by atoms with van der Waals surface area (Å²) in [4.78, 5) is 0. The maximum atomic E-state index is 5.92. The topological polar surface area (TPSA) is 9.23 Å². The lowest BCUT2D eigenvalue weighted by Gasteiger charge is -2.28. The van der Waals surface area contributed by atoms with E-state index in [0.717, 1.165) is 0 Å². The lowest BCUT2D eigenvalue weighted by atomic mass is 9.76. The van der Waals surface area contributed by atoms with Crippen LogP contribution in [0.2, 0.25) is 13.1 Å². The van der Waals surface area contributed by atoms with Crippen molar-refractivity contribution in [1.29, 1.82) is 0 Å². The predicted octanol–water partition coefficient (Wildman–Crippen LogP) is 4.13. The molecular formula is C18H17OSi2. The highest BCUT2D eigenvalue weighted by atomic mass is 28.3. The summed E-state index contributed by atoms with van der Waals surface area (Å²) in [7, 11) is -0.308. The molecule has 3 heteroatoms. The molecule has 21 heavy (non-hydrogen) atoms. The Morgan fingerprint density at radius 1 is 1.00 bits per heavy atom. The summed E-state index contributed by atoms with van der Waals surface area (Å²) in [6.07, 6.45) is 3.88. The van der Waals surface area contributed by atoms with Gasteiger partial charge < -0.3 is 4.12 Å². The smallest absolute Gasteiger partial charge is 0.257 e. The number of fused-ring (bicyclic) bond motifs is 4. The van der Waals surface area contributed by atoms with Crippen molar-refractivity contribution in [3.8, 4) is 22.3 Å². The Hall–Kier alpha value is -1.69. The largest absolute Gasteiger partial charge is 0.453 e. The minimum atomic E-state index is -0.688. The van der Waals surface area contributed by atoms with Crippen LogP contribution in [0.25, 0.3) is 34.4 Å². The van der Waals surface area contributed by atoms with Crippen LogP contribution in [-0.4, -0.2) is 18.8 Å². The number of hydrogen-bond acceptors (Lipinski definition) is 1. The molecular weight excluding hydrogens is 288 g/mol. The molecule has 0 bridgehead atoms. The molecule has 2 aromatic carbocycles. The van der Waals surface area contributed by atoms with Crippen LogP contribution in [0.4, 0.5) is 0 Å². The van der Waals surface area contributed by atoms with E-state index in [1.54, 1.807) is 0 Å². The van der Waals surface area contributed by atoms with Gasteiger partial charge in [-0.15, -0.1) is 0 Å². The van der Waals surface area contributed by atoms with Gasteiger partial charge in [-0.05, 0) is 51.7 Å². The zero-order chi connectivity index (χ0) is 15.0. The maximum absolute atomic E-state index is 5.92. The molecule has 0 amide bonds. The van der Waals surface area contributed by atoms with Crippen molar-refractivity contribution in [1.82, 2.24) is 0 Å². The average molecular weight is 306 g/mol. The van der Waals surface area contributed by atoms with Gasteiger partial charge >= 0.3 is 0 Å². The lowest BCUT2D eigenvalue weighted by molar-refractivity contribution is 0.635. The van der Waals surface area contributed by atoms with Gasteiger partial charge in [0.05, 0.1) is 0 Å². The summed E-state index contributed by atoms with van der Waals surface area (Å²) < 4.78 is 5.92. The van der Waals surface area contributed by atoms with Crippen LogP contribution >= 0.6 is 0 Å². The van der Waals surface area contributed by atoms with Crippen molar-refractivity contribution in [2.75, 3.05) is 0 Å². The first-order valence-electron chi connectivity index (χ1n) is 6.96. The van der Waals surface area contributed by atoms with E-state index in [-0.39, 0.29) is 0 Å². The van der Waals surface area contributed by atoms with E-state index in [1.165, 1.54) is 38.6 Å². The molecule has 0 aliphatic heterocycles. The maximum Gasteiger partial charge on any atom is 0.257 e. The Kier molecular flexibility index (Phi) is 3.80. The number of hydrogen-bond donors (Lipinski definition) is 0. The summed E-state index contributed by atoms with van der Waals surface area (Å²) in [5, 5.41) is 1.24. The van der Waals surface area contributed by atoms with Crippen LogP contribution in [-0.2, 0) is 4.12 Å². The molecule has 103 valence electrons. The second-order valence-corrected chi connectivity index (χ2v) is 8.62. The number of benzene rings is 2. The molecule has 0 saturated carbocycles. The van der Waals surface area contributed by atoms with Crippen LogP contribution in [0, 0.1) is 0 Å².